The highest BCUT2D eigenvalue weighted by atomic mass is 16.4. The molecule has 0 spiro atoms. The van der Waals surface area contributed by atoms with Crippen LogP contribution in [0.1, 0.15) is 45.4 Å². The quantitative estimate of drug-likeness (QED) is 0.805. The number of carbonyl (C=O) groups is 2. The van der Waals surface area contributed by atoms with Crippen LogP contribution >= 0.6 is 0 Å². The zero-order chi connectivity index (χ0) is 13.1. The smallest absolute Gasteiger partial charge is 0.306 e. The fourth-order valence-corrected chi connectivity index (χ4v) is 3.34. The van der Waals surface area contributed by atoms with E-state index >= 15 is 0 Å². The van der Waals surface area contributed by atoms with E-state index in [1.54, 1.807) is 0 Å². The third-order valence-corrected chi connectivity index (χ3v) is 4.52. The number of nitrogens with one attached hydrogen (secondary N) is 1. The summed E-state index contributed by atoms with van der Waals surface area (Å²) in [5, 5.41) is 11.9. The molecular weight excluding hydrogens is 230 g/mol. The second-order valence-corrected chi connectivity index (χ2v) is 6.07. The van der Waals surface area contributed by atoms with E-state index in [1.807, 2.05) is 0 Å². The van der Waals surface area contributed by atoms with Crippen LogP contribution in [0.3, 0.4) is 0 Å². The summed E-state index contributed by atoms with van der Waals surface area (Å²) in [7, 11) is 0. The zero-order valence-corrected chi connectivity index (χ0v) is 11.0. The van der Waals surface area contributed by atoms with Gasteiger partial charge in [-0.15, -0.1) is 0 Å². The van der Waals surface area contributed by atoms with E-state index in [2.05, 4.69) is 12.2 Å². The molecule has 2 rings (SSSR count). The minimum atomic E-state index is -0.755. The van der Waals surface area contributed by atoms with Crippen molar-refractivity contribution in [3.8, 4) is 0 Å². The van der Waals surface area contributed by atoms with Crippen LogP contribution in [-0.4, -0.2) is 23.5 Å². The molecule has 4 heteroatoms. The van der Waals surface area contributed by atoms with Crippen molar-refractivity contribution in [3.63, 3.8) is 0 Å². The highest BCUT2D eigenvalue weighted by Gasteiger charge is 2.34. The second kappa shape index (κ2) is 5.72. The van der Waals surface area contributed by atoms with Crippen molar-refractivity contribution in [2.45, 2.75) is 45.4 Å². The Kier molecular flexibility index (Phi) is 4.25. The molecule has 0 aromatic carbocycles. The van der Waals surface area contributed by atoms with Gasteiger partial charge in [0.25, 0.3) is 0 Å². The minimum Gasteiger partial charge on any atom is -0.481 e. The molecule has 0 saturated heterocycles. The van der Waals surface area contributed by atoms with E-state index in [4.69, 9.17) is 5.11 Å². The number of hydrogen-bond donors (Lipinski definition) is 2. The highest BCUT2D eigenvalue weighted by molar-refractivity contribution is 5.80. The predicted octanol–water partition coefficient (Wildman–Crippen LogP) is 2.04. The van der Waals surface area contributed by atoms with Crippen molar-refractivity contribution >= 4 is 11.9 Å². The van der Waals surface area contributed by atoms with Crippen molar-refractivity contribution in [2.24, 2.45) is 23.7 Å². The van der Waals surface area contributed by atoms with Crippen LogP contribution in [0, 0.1) is 23.7 Å². The molecule has 2 fully saturated rings. The van der Waals surface area contributed by atoms with Crippen molar-refractivity contribution in [1.82, 2.24) is 5.32 Å². The lowest BCUT2D eigenvalue weighted by Crippen LogP contribution is -2.33. The van der Waals surface area contributed by atoms with Crippen LogP contribution < -0.4 is 5.32 Å². The Balaban J connectivity index is 1.71. The summed E-state index contributed by atoms with van der Waals surface area (Å²) in [5.74, 6) is 0.334. The summed E-state index contributed by atoms with van der Waals surface area (Å²) >= 11 is 0. The molecule has 4 unspecified atom stereocenters. The van der Waals surface area contributed by atoms with Gasteiger partial charge in [0.1, 0.15) is 0 Å². The molecule has 102 valence electrons. The van der Waals surface area contributed by atoms with E-state index < -0.39 is 5.97 Å². The SMILES string of the molecule is CC1CCC(CNC(=O)C2CCC(C(=O)O)C2)C1. The molecule has 2 aliphatic rings. The lowest BCUT2D eigenvalue weighted by molar-refractivity contribution is -0.141. The summed E-state index contributed by atoms with van der Waals surface area (Å²) in [6, 6.07) is 0. The predicted molar refractivity (Wildman–Crippen MR) is 68.0 cm³/mol. The lowest BCUT2D eigenvalue weighted by Gasteiger charge is -2.14. The van der Waals surface area contributed by atoms with Crippen LogP contribution in [0.5, 0.6) is 0 Å². The zero-order valence-electron chi connectivity index (χ0n) is 11.0. The number of carboxylic acid groups (broad SMARTS) is 1. The molecular formula is C14H23NO3. The molecule has 4 atom stereocenters. The molecule has 2 N–H and O–H groups in total. The summed E-state index contributed by atoms with van der Waals surface area (Å²) < 4.78 is 0. The van der Waals surface area contributed by atoms with Gasteiger partial charge in [-0.25, -0.2) is 0 Å². The molecule has 4 nitrogen and oxygen atoms in total. The minimum absolute atomic E-state index is 0.0679. The molecule has 0 aromatic rings. The van der Waals surface area contributed by atoms with Crippen molar-refractivity contribution in [3.05, 3.63) is 0 Å². The van der Waals surface area contributed by atoms with Gasteiger partial charge in [0.05, 0.1) is 5.92 Å². The maximum absolute atomic E-state index is 11.9. The molecule has 0 bridgehead atoms. The van der Waals surface area contributed by atoms with Crippen LogP contribution in [-0.2, 0) is 9.59 Å². The van der Waals surface area contributed by atoms with Gasteiger partial charge < -0.3 is 10.4 Å². The van der Waals surface area contributed by atoms with Crippen LogP contribution in [0.25, 0.3) is 0 Å². The van der Waals surface area contributed by atoms with E-state index in [0.717, 1.165) is 18.9 Å². The molecule has 2 saturated carbocycles. The standard InChI is InChI=1S/C14H23NO3/c1-9-2-3-10(6-9)8-15-13(16)11-4-5-12(7-11)14(17)18/h9-12H,2-8H2,1H3,(H,15,16)(H,17,18). The average molecular weight is 253 g/mol. The number of rotatable bonds is 4. The molecule has 1 amide bonds. The highest BCUT2D eigenvalue weighted by Crippen LogP contribution is 2.32. The van der Waals surface area contributed by atoms with E-state index in [-0.39, 0.29) is 17.7 Å². The monoisotopic (exact) mass is 253 g/mol. The molecule has 2 aliphatic carbocycles. The first-order valence-electron chi connectivity index (χ1n) is 7.06. The number of hydrogen-bond acceptors (Lipinski definition) is 2. The van der Waals surface area contributed by atoms with Gasteiger partial charge in [-0.2, -0.15) is 0 Å². The number of amides is 1. The van der Waals surface area contributed by atoms with E-state index in [0.29, 0.717) is 18.8 Å². The largest absolute Gasteiger partial charge is 0.481 e. The van der Waals surface area contributed by atoms with Gasteiger partial charge in [-0.3, -0.25) is 9.59 Å². The molecule has 0 aliphatic heterocycles. The Bertz CT molecular complexity index is 329. The van der Waals surface area contributed by atoms with Crippen LogP contribution in [0.4, 0.5) is 0 Å². The first kappa shape index (κ1) is 13.4. The van der Waals surface area contributed by atoms with Crippen LogP contribution in [0.15, 0.2) is 0 Å². The molecule has 0 aromatic heterocycles. The van der Waals surface area contributed by atoms with Crippen LogP contribution in [0.2, 0.25) is 0 Å². The first-order chi connectivity index (χ1) is 8.56. The van der Waals surface area contributed by atoms with Crippen molar-refractivity contribution < 1.29 is 14.7 Å². The van der Waals surface area contributed by atoms with Gasteiger partial charge in [-0.1, -0.05) is 13.3 Å². The normalized spacial score (nSPS) is 35.6. The molecule has 0 radical (unpaired) electrons. The Morgan fingerprint density at radius 3 is 2.39 bits per heavy atom. The maximum Gasteiger partial charge on any atom is 0.306 e. The number of carbonyl (C=O) groups excluding carboxylic acids is 1. The summed E-state index contributed by atoms with van der Waals surface area (Å²) in [6.45, 7) is 3.04. The fourth-order valence-electron chi connectivity index (χ4n) is 3.34. The maximum atomic E-state index is 11.9. The van der Waals surface area contributed by atoms with Gasteiger partial charge >= 0.3 is 5.97 Å². The summed E-state index contributed by atoms with van der Waals surface area (Å²) in [4.78, 5) is 22.8. The van der Waals surface area contributed by atoms with E-state index in [1.165, 1.54) is 19.3 Å². The van der Waals surface area contributed by atoms with Gasteiger partial charge in [-0.05, 0) is 43.9 Å². The third-order valence-electron chi connectivity index (χ3n) is 4.52. The Hall–Kier alpha value is -1.06. The fraction of sp³-hybridized carbons (Fsp3) is 0.857. The second-order valence-electron chi connectivity index (χ2n) is 6.07. The lowest BCUT2D eigenvalue weighted by atomic mass is 10.0. The Morgan fingerprint density at radius 2 is 1.83 bits per heavy atom. The molecule has 18 heavy (non-hydrogen) atoms. The van der Waals surface area contributed by atoms with Gasteiger partial charge in [0, 0.05) is 12.5 Å². The van der Waals surface area contributed by atoms with E-state index in [9.17, 15) is 9.59 Å². The Morgan fingerprint density at radius 1 is 1.11 bits per heavy atom. The third kappa shape index (κ3) is 3.24. The van der Waals surface area contributed by atoms with Gasteiger partial charge in [0.15, 0.2) is 0 Å². The summed E-state index contributed by atoms with van der Waals surface area (Å²) in [5.41, 5.74) is 0. The number of carboxylic acids is 1. The molecule has 0 heterocycles. The van der Waals surface area contributed by atoms with Crippen molar-refractivity contribution in [2.75, 3.05) is 6.54 Å². The summed E-state index contributed by atoms with van der Waals surface area (Å²) in [6.07, 6.45) is 5.58. The van der Waals surface area contributed by atoms with Crippen molar-refractivity contribution in [1.29, 1.82) is 0 Å². The Labute approximate surface area is 108 Å². The first-order valence-corrected chi connectivity index (χ1v) is 7.06. The average Bonchev–Trinajstić information content (AvgIpc) is 2.94. The topological polar surface area (TPSA) is 66.4 Å². The van der Waals surface area contributed by atoms with Gasteiger partial charge in [0.2, 0.25) is 5.91 Å². The number of aliphatic carboxylic acids is 1.